The molecule has 1 amide bonds. The van der Waals surface area contributed by atoms with Gasteiger partial charge < -0.3 is 5.11 Å². The quantitative estimate of drug-likeness (QED) is 0.696. The molecule has 6 nitrogen and oxygen atoms in total. The summed E-state index contributed by atoms with van der Waals surface area (Å²) in [5.74, 6) is -1.54. The number of aromatic nitrogens is 1. The maximum absolute atomic E-state index is 11.3. The number of rotatable bonds is 3. The van der Waals surface area contributed by atoms with Crippen LogP contribution in [0, 0.1) is 0 Å². The number of amides is 1. The molecule has 0 aliphatic rings. The molecule has 0 aromatic carbocycles. The Morgan fingerprint density at radius 3 is 2.64 bits per heavy atom. The van der Waals surface area contributed by atoms with Crippen LogP contribution in [0.25, 0.3) is 0 Å². The summed E-state index contributed by atoms with van der Waals surface area (Å²) in [6, 6.07) is 0. The fourth-order valence-electron chi connectivity index (χ4n) is 0.737. The third kappa shape index (κ3) is 2.51. The molecule has 1 aromatic heterocycles. The van der Waals surface area contributed by atoms with Gasteiger partial charge in [-0.2, -0.15) is 0 Å². The van der Waals surface area contributed by atoms with E-state index in [2.05, 4.69) is 10.4 Å². The number of nitrogens with zero attached hydrogens (tertiary/aromatic N) is 2. The van der Waals surface area contributed by atoms with Crippen LogP contribution in [-0.4, -0.2) is 41.1 Å². The molecule has 7 heteroatoms. The number of carboxylic acid groups (broad SMARTS) is 1. The molecule has 0 aliphatic heterocycles. The van der Waals surface area contributed by atoms with Crippen molar-refractivity contribution in [2.75, 3.05) is 14.1 Å². The number of thiazole rings is 1. The molecule has 1 heterocycles. The fourth-order valence-corrected chi connectivity index (χ4v) is 1.37. The van der Waals surface area contributed by atoms with Gasteiger partial charge in [-0.05, 0) is 0 Å². The van der Waals surface area contributed by atoms with Gasteiger partial charge in [-0.15, -0.1) is 11.3 Å². The lowest BCUT2D eigenvalue weighted by Crippen LogP contribution is -2.36. The number of hydrogen-bond donors (Lipinski definition) is 2. The molecule has 0 aliphatic carbocycles. The fraction of sp³-hybridized carbons (Fsp3) is 0.286. The van der Waals surface area contributed by atoms with Crippen LogP contribution in [0.15, 0.2) is 5.38 Å². The highest BCUT2D eigenvalue weighted by molar-refractivity contribution is 7.11. The Bertz CT molecular complexity index is 361. The van der Waals surface area contributed by atoms with Crippen molar-refractivity contribution in [1.82, 2.24) is 15.4 Å². The van der Waals surface area contributed by atoms with Crippen molar-refractivity contribution in [2.24, 2.45) is 0 Å². The number of carboxylic acids is 1. The van der Waals surface area contributed by atoms with Gasteiger partial charge in [0.1, 0.15) is 5.69 Å². The van der Waals surface area contributed by atoms with Crippen LogP contribution in [0.1, 0.15) is 20.3 Å². The number of hydrazine groups is 1. The number of nitrogens with one attached hydrogen (secondary N) is 1. The molecular formula is C7H9N3O3S. The molecule has 0 radical (unpaired) electrons. The topological polar surface area (TPSA) is 82.5 Å². The molecule has 0 saturated heterocycles. The Morgan fingerprint density at radius 1 is 1.57 bits per heavy atom. The van der Waals surface area contributed by atoms with E-state index in [0.29, 0.717) is 0 Å². The van der Waals surface area contributed by atoms with E-state index in [9.17, 15) is 9.59 Å². The van der Waals surface area contributed by atoms with Crippen molar-refractivity contribution in [2.45, 2.75) is 0 Å². The van der Waals surface area contributed by atoms with Crippen LogP contribution in [-0.2, 0) is 0 Å². The Morgan fingerprint density at radius 2 is 2.21 bits per heavy atom. The van der Waals surface area contributed by atoms with E-state index < -0.39 is 11.9 Å². The van der Waals surface area contributed by atoms with Crippen LogP contribution >= 0.6 is 11.3 Å². The van der Waals surface area contributed by atoms with Gasteiger partial charge in [0, 0.05) is 19.5 Å². The zero-order valence-corrected chi connectivity index (χ0v) is 8.46. The van der Waals surface area contributed by atoms with E-state index in [0.717, 1.165) is 11.3 Å². The largest absolute Gasteiger partial charge is 0.476 e. The van der Waals surface area contributed by atoms with Crippen molar-refractivity contribution in [3.8, 4) is 0 Å². The first-order chi connectivity index (χ1) is 6.50. The predicted octanol–water partition coefficient (Wildman–Crippen LogP) is 0.0477. The van der Waals surface area contributed by atoms with Gasteiger partial charge in [0.05, 0.1) is 0 Å². The van der Waals surface area contributed by atoms with Gasteiger partial charge in [0.25, 0.3) is 5.91 Å². The summed E-state index contributed by atoms with van der Waals surface area (Å²) in [7, 11) is 3.31. The highest BCUT2D eigenvalue weighted by Gasteiger charge is 2.14. The molecule has 1 rings (SSSR count). The maximum Gasteiger partial charge on any atom is 0.365 e. The Labute approximate surface area is 84.1 Å². The van der Waals surface area contributed by atoms with Crippen molar-refractivity contribution >= 4 is 23.2 Å². The Balaban J connectivity index is 2.76. The van der Waals surface area contributed by atoms with E-state index >= 15 is 0 Å². The summed E-state index contributed by atoms with van der Waals surface area (Å²) in [6.45, 7) is 0. The molecule has 2 N–H and O–H groups in total. The van der Waals surface area contributed by atoms with Crippen LogP contribution < -0.4 is 5.43 Å². The van der Waals surface area contributed by atoms with Crippen LogP contribution in [0.4, 0.5) is 0 Å². The van der Waals surface area contributed by atoms with Gasteiger partial charge in [0.2, 0.25) is 5.01 Å². The summed E-state index contributed by atoms with van der Waals surface area (Å²) in [4.78, 5) is 25.4. The molecule has 14 heavy (non-hydrogen) atoms. The molecule has 0 atom stereocenters. The van der Waals surface area contributed by atoms with Gasteiger partial charge in [-0.25, -0.2) is 14.8 Å². The molecule has 1 aromatic rings. The average Bonchev–Trinajstić information content (AvgIpc) is 2.50. The normalized spacial score (nSPS) is 10.2. The molecule has 0 spiro atoms. The zero-order valence-electron chi connectivity index (χ0n) is 7.64. The summed E-state index contributed by atoms with van der Waals surface area (Å²) >= 11 is 0.923. The van der Waals surface area contributed by atoms with Gasteiger partial charge in [-0.1, -0.05) is 0 Å². The van der Waals surface area contributed by atoms with Gasteiger partial charge >= 0.3 is 5.97 Å². The Kier molecular flexibility index (Phi) is 3.15. The minimum atomic E-state index is -1.13. The number of aromatic carboxylic acids is 1. The predicted molar refractivity (Wildman–Crippen MR) is 50.2 cm³/mol. The minimum Gasteiger partial charge on any atom is -0.476 e. The third-order valence-corrected chi connectivity index (χ3v) is 2.08. The highest BCUT2D eigenvalue weighted by Crippen LogP contribution is 2.09. The highest BCUT2D eigenvalue weighted by atomic mass is 32.1. The van der Waals surface area contributed by atoms with E-state index in [1.165, 1.54) is 10.4 Å². The third-order valence-electron chi connectivity index (χ3n) is 1.24. The second-order valence-electron chi connectivity index (χ2n) is 2.68. The lowest BCUT2D eigenvalue weighted by atomic mass is 10.5. The van der Waals surface area contributed by atoms with E-state index in [4.69, 9.17) is 5.11 Å². The second-order valence-corrected chi connectivity index (χ2v) is 3.54. The molecule has 0 fully saturated rings. The minimum absolute atomic E-state index is 0.0890. The lowest BCUT2D eigenvalue weighted by Gasteiger charge is -2.09. The molecule has 0 unspecified atom stereocenters. The van der Waals surface area contributed by atoms with Crippen LogP contribution in [0.3, 0.4) is 0 Å². The lowest BCUT2D eigenvalue weighted by molar-refractivity contribution is 0.0696. The van der Waals surface area contributed by atoms with Crippen molar-refractivity contribution < 1.29 is 14.7 Å². The first kappa shape index (κ1) is 10.6. The smallest absolute Gasteiger partial charge is 0.365 e. The molecule has 76 valence electrons. The van der Waals surface area contributed by atoms with E-state index in [1.807, 2.05) is 0 Å². The average molecular weight is 215 g/mol. The van der Waals surface area contributed by atoms with Crippen molar-refractivity contribution in [1.29, 1.82) is 0 Å². The zero-order chi connectivity index (χ0) is 10.7. The standard InChI is InChI=1S/C7H9N3O3S/c1-10(2)9-5(11)4-3-14-6(8-4)7(12)13/h3H,1-2H3,(H,9,11)(H,12,13). The number of hydrogen-bond acceptors (Lipinski definition) is 5. The second kappa shape index (κ2) is 4.16. The summed E-state index contributed by atoms with van der Waals surface area (Å²) in [5, 5.41) is 11.3. The van der Waals surface area contributed by atoms with Crippen molar-refractivity contribution in [3.05, 3.63) is 16.1 Å². The molecule has 0 bridgehead atoms. The van der Waals surface area contributed by atoms with Crippen LogP contribution in [0.2, 0.25) is 0 Å². The summed E-state index contributed by atoms with van der Waals surface area (Å²) in [5.41, 5.74) is 2.57. The Hall–Kier alpha value is -1.47. The monoisotopic (exact) mass is 215 g/mol. The summed E-state index contributed by atoms with van der Waals surface area (Å²) < 4.78 is 0. The molecular weight excluding hydrogens is 206 g/mol. The van der Waals surface area contributed by atoms with Crippen LogP contribution in [0.5, 0.6) is 0 Å². The number of carbonyl (C=O) groups is 2. The van der Waals surface area contributed by atoms with Gasteiger partial charge in [0.15, 0.2) is 0 Å². The van der Waals surface area contributed by atoms with Crippen molar-refractivity contribution in [3.63, 3.8) is 0 Å². The maximum atomic E-state index is 11.3. The van der Waals surface area contributed by atoms with E-state index in [1.54, 1.807) is 14.1 Å². The van der Waals surface area contributed by atoms with Gasteiger partial charge in [-0.3, -0.25) is 10.2 Å². The van der Waals surface area contributed by atoms with E-state index in [-0.39, 0.29) is 10.7 Å². The summed E-state index contributed by atoms with van der Waals surface area (Å²) in [6.07, 6.45) is 0. The first-order valence-electron chi connectivity index (χ1n) is 3.68. The number of carbonyl (C=O) groups excluding carboxylic acids is 1. The SMILES string of the molecule is CN(C)NC(=O)c1csc(C(=O)O)n1. The molecule has 0 saturated carbocycles. The first-order valence-corrected chi connectivity index (χ1v) is 4.56.